The zero-order chi connectivity index (χ0) is 42.1. The van der Waals surface area contributed by atoms with E-state index in [2.05, 4.69) is 52.9 Å². The van der Waals surface area contributed by atoms with Crippen molar-refractivity contribution >= 4 is 49.9 Å². The van der Waals surface area contributed by atoms with Crippen LogP contribution in [0.1, 0.15) is 47.2 Å². The number of nitro groups is 1. The van der Waals surface area contributed by atoms with Crippen molar-refractivity contribution in [1.29, 1.82) is 0 Å². The second kappa shape index (κ2) is 17.1. The molecule has 0 bridgehead atoms. The van der Waals surface area contributed by atoms with Gasteiger partial charge in [0.05, 0.1) is 21.6 Å². The van der Waals surface area contributed by atoms with Crippen molar-refractivity contribution in [3.8, 4) is 11.5 Å². The van der Waals surface area contributed by atoms with E-state index in [1.807, 2.05) is 12.1 Å². The largest absolute Gasteiger partial charge is 0.455 e. The number of pyridine rings is 1. The number of H-pyrrole nitrogens is 1. The highest BCUT2D eigenvalue weighted by Gasteiger charge is 2.39. The molecule has 17 heteroatoms. The van der Waals surface area contributed by atoms with E-state index in [9.17, 15) is 28.1 Å². The molecule has 2 saturated heterocycles. The highest BCUT2D eigenvalue weighted by Crippen LogP contribution is 2.36. The van der Waals surface area contributed by atoms with Crippen molar-refractivity contribution in [2.24, 2.45) is 11.8 Å². The number of nitrogens with zero attached hydrogens (tertiary/aromatic N) is 5. The molecule has 4 aliphatic rings. The van der Waals surface area contributed by atoms with Gasteiger partial charge in [-0.3, -0.25) is 24.6 Å². The van der Waals surface area contributed by atoms with E-state index in [4.69, 9.17) is 9.47 Å². The Kier molecular flexibility index (Phi) is 11.3. The maximum absolute atomic E-state index is 13.9. The van der Waals surface area contributed by atoms with Gasteiger partial charge < -0.3 is 29.6 Å². The molecule has 0 radical (unpaired) electrons. The molecule has 5 aromatic rings. The first-order chi connectivity index (χ1) is 29.6. The second-order valence-corrected chi connectivity index (χ2v) is 18.0. The molecule has 1 atom stereocenters. The Morgan fingerprint density at radius 3 is 2.51 bits per heavy atom. The summed E-state index contributed by atoms with van der Waals surface area (Å²) in [6, 6.07) is 20.6. The lowest BCUT2D eigenvalue weighted by molar-refractivity contribution is -0.384. The van der Waals surface area contributed by atoms with Gasteiger partial charge in [-0.05, 0) is 85.5 Å². The fraction of sp³-hybridized carbons (Fsp3) is 0.386. The van der Waals surface area contributed by atoms with E-state index >= 15 is 0 Å². The predicted molar refractivity (Wildman–Crippen MR) is 228 cm³/mol. The molecule has 9 rings (SSSR count). The van der Waals surface area contributed by atoms with Gasteiger partial charge >= 0.3 is 0 Å². The third-order valence-electron chi connectivity index (χ3n) is 12.2. The van der Waals surface area contributed by atoms with Crippen LogP contribution in [-0.2, 0) is 32.5 Å². The number of ether oxygens (including phenoxy) is 2. The Morgan fingerprint density at radius 2 is 1.74 bits per heavy atom. The van der Waals surface area contributed by atoms with Crippen LogP contribution in [0.3, 0.4) is 0 Å². The molecule has 0 spiro atoms. The Morgan fingerprint density at radius 1 is 0.951 bits per heavy atom. The number of benzene rings is 3. The van der Waals surface area contributed by atoms with Crippen molar-refractivity contribution in [2.75, 3.05) is 62.7 Å². The number of carbonyl (C=O) groups is 2. The molecule has 2 amide bonds. The molecule has 16 nitrogen and oxygen atoms in total. The average molecular weight is 849 g/mol. The number of sulfonamides is 1. The fourth-order valence-electron chi connectivity index (χ4n) is 8.56. The molecule has 318 valence electrons. The third kappa shape index (κ3) is 9.04. The molecule has 3 fully saturated rings. The number of aromatic amines is 1. The van der Waals surface area contributed by atoms with Crippen LogP contribution >= 0.6 is 0 Å². The molecule has 1 unspecified atom stereocenters. The summed E-state index contributed by atoms with van der Waals surface area (Å²) in [5.41, 5.74) is 3.67. The zero-order valence-corrected chi connectivity index (χ0v) is 34.4. The van der Waals surface area contributed by atoms with Crippen LogP contribution in [0.15, 0.2) is 90.1 Å². The summed E-state index contributed by atoms with van der Waals surface area (Å²) in [7, 11) is -4.56. The number of hydrogen-bond acceptors (Lipinski definition) is 12. The van der Waals surface area contributed by atoms with Crippen LogP contribution in [-0.4, -0.2) is 103 Å². The summed E-state index contributed by atoms with van der Waals surface area (Å²) < 4.78 is 41.1. The van der Waals surface area contributed by atoms with Crippen LogP contribution in [0.5, 0.6) is 11.5 Å². The first-order valence-corrected chi connectivity index (χ1v) is 22.3. The van der Waals surface area contributed by atoms with E-state index in [1.54, 1.807) is 24.4 Å². The summed E-state index contributed by atoms with van der Waals surface area (Å²) in [6.07, 6.45) is 7.67. The van der Waals surface area contributed by atoms with Gasteiger partial charge in [0, 0.05) is 100 Å². The number of fused-ring (bicyclic) bond motifs is 2. The van der Waals surface area contributed by atoms with Crippen LogP contribution in [0.4, 0.5) is 17.1 Å². The fourth-order valence-corrected chi connectivity index (χ4v) is 9.55. The number of piperazine rings is 1. The number of anilines is 2. The molecular weight excluding hydrogens is 801 g/mol. The highest BCUT2D eigenvalue weighted by atomic mass is 32.2. The van der Waals surface area contributed by atoms with Gasteiger partial charge in [-0.2, -0.15) is 0 Å². The number of aromatic nitrogens is 2. The van der Waals surface area contributed by atoms with E-state index in [0.717, 1.165) is 68.9 Å². The standard InChI is InChI=1S/C44H48N8O8S/c53-43(48-61(57,58)37-8-10-39(40(24-37)52(55)56)46-25-29-12-19-59-20-13-29)38-9-7-34(23-41(38)60-36-22-32-11-14-45-42(32)47-26-36)50-17-15-49(16-18-50)28-35-21-31-3-1-2-4-33(31)27-51(35)44(54)30-5-6-30/h1-4,7-11,14,22-24,26,29-30,35,46H,5-6,12-13,15-21,25,27-28H2,(H,45,47)(H,48,53). The molecule has 2 aromatic heterocycles. The normalized spacial score (nSPS) is 18.7. The smallest absolute Gasteiger partial charge is 0.293 e. The summed E-state index contributed by atoms with van der Waals surface area (Å²) in [5, 5.41) is 15.9. The predicted octanol–water partition coefficient (Wildman–Crippen LogP) is 5.71. The molecule has 5 heterocycles. The molecular formula is C44H48N8O8S. The van der Waals surface area contributed by atoms with Crippen molar-refractivity contribution in [3.05, 3.63) is 112 Å². The van der Waals surface area contributed by atoms with E-state index < -0.39 is 31.4 Å². The van der Waals surface area contributed by atoms with Gasteiger partial charge in [-0.1, -0.05) is 24.3 Å². The lowest BCUT2D eigenvalue weighted by Gasteiger charge is -2.42. The number of hydrogen-bond donors (Lipinski definition) is 3. The minimum Gasteiger partial charge on any atom is -0.455 e. The minimum absolute atomic E-state index is 0.0534. The number of nitro benzene ring substituents is 1. The maximum atomic E-state index is 13.9. The quantitative estimate of drug-likeness (QED) is 0.0968. The molecule has 61 heavy (non-hydrogen) atoms. The zero-order valence-electron chi connectivity index (χ0n) is 33.6. The summed E-state index contributed by atoms with van der Waals surface area (Å²) in [5.74, 6) is 0.162. The van der Waals surface area contributed by atoms with Crippen LogP contribution in [0.25, 0.3) is 11.0 Å². The van der Waals surface area contributed by atoms with Crippen molar-refractivity contribution in [3.63, 3.8) is 0 Å². The molecule has 1 saturated carbocycles. The first-order valence-electron chi connectivity index (χ1n) is 20.8. The third-order valence-corrected chi connectivity index (χ3v) is 13.5. The monoisotopic (exact) mass is 848 g/mol. The maximum Gasteiger partial charge on any atom is 0.293 e. The second-order valence-electron chi connectivity index (χ2n) is 16.3. The summed E-state index contributed by atoms with van der Waals surface area (Å²) >= 11 is 0. The van der Waals surface area contributed by atoms with Crippen LogP contribution < -0.4 is 19.7 Å². The van der Waals surface area contributed by atoms with Gasteiger partial charge in [0.2, 0.25) is 5.91 Å². The Balaban J connectivity index is 0.916. The number of nitrogens with one attached hydrogen (secondary N) is 3. The molecule has 1 aliphatic carbocycles. The lowest BCUT2D eigenvalue weighted by atomic mass is 9.93. The number of carbonyl (C=O) groups excluding carboxylic acids is 2. The van der Waals surface area contributed by atoms with E-state index in [-0.39, 0.29) is 40.8 Å². The van der Waals surface area contributed by atoms with Gasteiger partial charge in [0.15, 0.2) is 0 Å². The highest BCUT2D eigenvalue weighted by molar-refractivity contribution is 7.90. The first kappa shape index (κ1) is 40.4. The van der Waals surface area contributed by atoms with Crippen molar-refractivity contribution in [2.45, 2.75) is 49.6 Å². The topological polar surface area (TPSA) is 192 Å². The van der Waals surface area contributed by atoms with Gasteiger partial charge in [-0.25, -0.2) is 18.1 Å². The van der Waals surface area contributed by atoms with Gasteiger partial charge in [0.1, 0.15) is 22.8 Å². The lowest BCUT2D eigenvalue weighted by Crippen LogP contribution is -2.54. The van der Waals surface area contributed by atoms with Gasteiger partial charge in [0.25, 0.3) is 21.6 Å². The Bertz CT molecular complexity index is 2570. The Labute approximate surface area is 353 Å². The number of rotatable bonds is 13. The van der Waals surface area contributed by atoms with E-state index in [0.29, 0.717) is 50.8 Å². The SMILES string of the molecule is O=C(NS(=O)(=O)c1ccc(NCC2CCOCC2)c([N+](=O)[O-])c1)c1ccc(N2CCN(CC3Cc4ccccc4CN3C(=O)C3CC3)CC2)cc1Oc1cnc2[nH]ccc2c1. The van der Waals surface area contributed by atoms with Crippen molar-refractivity contribution in [1.82, 2.24) is 24.5 Å². The average Bonchev–Trinajstić information content (AvgIpc) is 4.02. The van der Waals surface area contributed by atoms with Crippen LogP contribution in [0.2, 0.25) is 0 Å². The van der Waals surface area contributed by atoms with Crippen molar-refractivity contribution < 1.29 is 32.4 Å². The molecule has 3 N–H and O–H groups in total. The number of amides is 2. The Hall–Kier alpha value is -6.04. The molecule has 3 aliphatic heterocycles. The minimum atomic E-state index is -4.56. The summed E-state index contributed by atoms with van der Waals surface area (Å²) in [4.78, 5) is 52.4. The van der Waals surface area contributed by atoms with Gasteiger partial charge in [-0.15, -0.1) is 0 Å². The van der Waals surface area contributed by atoms with Crippen LogP contribution in [0, 0.1) is 22.0 Å². The van der Waals surface area contributed by atoms with E-state index in [1.165, 1.54) is 35.5 Å². The summed E-state index contributed by atoms with van der Waals surface area (Å²) in [6.45, 7) is 6.00. The molecule has 3 aromatic carbocycles.